The minimum atomic E-state index is -2.72. The van der Waals surface area contributed by atoms with Crippen LogP contribution in [-0.4, -0.2) is 14.4 Å². The summed E-state index contributed by atoms with van der Waals surface area (Å²) >= 11 is 0. The van der Waals surface area contributed by atoms with Gasteiger partial charge in [-0.2, -0.15) is 0 Å². The molecule has 0 aliphatic rings. The fraction of sp³-hybridized carbons (Fsp3) is 0.174. The summed E-state index contributed by atoms with van der Waals surface area (Å²) in [5.41, 5.74) is 5.16. The van der Waals surface area contributed by atoms with Crippen molar-refractivity contribution in [1.29, 1.82) is 0 Å². The minimum Gasteiger partial charge on any atom is -0.534 e. The van der Waals surface area contributed by atoms with Crippen LogP contribution in [0.2, 0.25) is 5.04 Å². The fourth-order valence-corrected chi connectivity index (χ4v) is 7.96. The van der Waals surface area contributed by atoms with Crippen LogP contribution in [0.15, 0.2) is 84.9 Å². The molecule has 28 heavy (non-hydrogen) atoms. The van der Waals surface area contributed by atoms with Crippen LogP contribution in [0, 0.1) is 0 Å². The Bertz CT molecular complexity index is 897. The van der Waals surface area contributed by atoms with E-state index in [1.165, 1.54) is 10.4 Å². The quantitative estimate of drug-likeness (QED) is 0.667. The molecule has 144 valence electrons. The van der Waals surface area contributed by atoms with Crippen molar-refractivity contribution in [3.63, 3.8) is 0 Å². The van der Waals surface area contributed by atoms with Gasteiger partial charge in [-0.05, 0) is 27.5 Å². The lowest BCUT2D eigenvalue weighted by Crippen LogP contribution is -2.68. The number of nitrogens with two attached hydrogens (primary N) is 1. The van der Waals surface area contributed by atoms with Gasteiger partial charge in [0, 0.05) is 6.07 Å². The lowest BCUT2D eigenvalue weighted by atomic mass is 10.2. The van der Waals surface area contributed by atoms with E-state index in [1.807, 2.05) is 42.5 Å². The fourth-order valence-electron chi connectivity index (χ4n) is 3.54. The van der Waals surface area contributed by atoms with Gasteiger partial charge in [-0.3, -0.25) is 0 Å². The number of benzene rings is 3. The van der Waals surface area contributed by atoms with Crippen molar-refractivity contribution in [2.45, 2.75) is 25.8 Å². The Morgan fingerprint density at radius 2 is 1.29 bits per heavy atom. The highest BCUT2D eigenvalue weighted by Gasteiger charge is 2.52. The molecule has 1 amide bonds. The van der Waals surface area contributed by atoms with Gasteiger partial charge in [-0.1, -0.05) is 87.5 Å². The van der Waals surface area contributed by atoms with E-state index >= 15 is 0 Å². The van der Waals surface area contributed by atoms with Gasteiger partial charge in [0.05, 0.1) is 0 Å². The Balaban J connectivity index is 2.18. The van der Waals surface area contributed by atoms with Crippen molar-refractivity contribution >= 4 is 24.8 Å². The number of carbonyl (C=O) groups excluding carboxylic acids is 1. The third-order valence-electron chi connectivity index (χ3n) is 4.71. The summed E-state index contributed by atoms with van der Waals surface area (Å²) in [7, 11) is -2.72. The van der Waals surface area contributed by atoms with Gasteiger partial charge < -0.3 is 14.9 Å². The van der Waals surface area contributed by atoms with Crippen molar-refractivity contribution < 1.29 is 14.0 Å². The Labute approximate surface area is 167 Å². The third kappa shape index (κ3) is 3.94. The SMILES string of the molecule is CC(C)(C)[Si](Oc1cccc(OC(N)=O)c1)(c1ccccc1)c1ccccc1. The highest BCUT2D eigenvalue weighted by atomic mass is 28.4. The zero-order valence-electron chi connectivity index (χ0n) is 16.4. The molecule has 2 N–H and O–H groups in total. The first kappa shape index (κ1) is 19.7. The predicted molar refractivity (Wildman–Crippen MR) is 115 cm³/mol. The van der Waals surface area contributed by atoms with Crippen LogP contribution < -0.4 is 25.3 Å². The molecule has 3 aromatic rings. The number of ether oxygens (including phenoxy) is 1. The summed E-state index contributed by atoms with van der Waals surface area (Å²) in [5.74, 6) is 1.01. The maximum absolute atomic E-state index is 11.1. The summed E-state index contributed by atoms with van der Waals surface area (Å²) in [6.45, 7) is 6.63. The van der Waals surface area contributed by atoms with E-state index in [4.69, 9.17) is 14.9 Å². The summed E-state index contributed by atoms with van der Waals surface area (Å²) in [4.78, 5) is 11.1. The van der Waals surface area contributed by atoms with Gasteiger partial charge in [0.15, 0.2) is 0 Å². The van der Waals surface area contributed by atoms with Gasteiger partial charge in [0.2, 0.25) is 0 Å². The second-order valence-corrected chi connectivity index (χ2v) is 11.9. The van der Waals surface area contributed by atoms with Crippen molar-refractivity contribution in [2.75, 3.05) is 0 Å². The average Bonchev–Trinajstić information content (AvgIpc) is 2.66. The molecule has 0 bridgehead atoms. The van der Waals surface area contributed by atoms with Crippen molar-refractivity contribution in [3.8, 4) is 11.5 Å². The molecule has 0 aliphatic carbocycles. The number of hydrogen-bond donors (Lipinski definition) is 1. The average molecular weight is 392 g/mol. The van der Waals surface area contributed by atoms with E-state index < -0.39 is 14.4 Å². The first-order chi connectivity index (χ1) is 13.3. The van der Waals surface area contributed by atoms with Gasteiger partial charge in [-0.15, -0.1) is 0 Å². The molecule has 5 heteroatoms. The number of hydrogen-bond acceptors (Lipinski definition) is 3. The largest absolute Gasteiger partial charge is 0.534 e. The Morgan fingerprint density at radius 3 is 1.75 bits per heavy atom. The van der Waals surface area contributed by atoms with Crippen LogP contribution in [0.1, 0.15) is 20.8 Å². The number of carbonyl (C=O) groups is 1. The van der Waals surface area contributed by atoms with E-state index in [-0.39, 0.29) is 5.04 Å². The van der Waals surface area contributed by atoms with E-state index in [2.05, 4.69) is 45.0 Å². The van der Waals surface area contributed by atoms with Crippen LogP contribution in [0.4, 0.5) is 4.79 Å². The number of primary amides is 1. The molecule has 0 saturated heterocycles. The zero-order valence-corrected chi connectivity index (χ0v) is 17.4. The van der Waals surface area contributed by atoms with Crippen LogP contribution in [0.5, 0.6) is 11.5 Å². The molecule has 3 rings (SSSR count). The number of rotatable bonds is 5. The molecular weight excluding hydrogens is 366 g/mol. The molecule has 0 spiro atoms. The maximum Gasteiger partial charge on any atom is 0.409 e. The first-order valence-corrected chi connectivity index (χ1v) is 11.1. The van der Waals surface area contributed by atoms with E-state index in [0.29, 0.717) is 11.5 Å². The summed E-state index contributed by atoms with van der Waals surface area (Å²) in [5, 5.41) is 2.20. The number of amides is 1. The normalized spacial score (nSPS) is 11.7. The molecule has 0 atom stereocenters. The van der Waals surface area contributed by atoms with E-state index in [9.17, 15) is 4.79 Å². The molecule has 0 unspecified atom stereocenters. The predicted octanol–water partition coefficient (Wildman–Crippen LogP) is 4.08. The van der Waals surface area contributed by atoms with Crippen LogP contribution in [-0.2, 0) is 0 Å². The van der Waals surface area contributed by atoms with Crippen molar-refractivity contribution in [1.82, 2.24) is 0 Å². The van der Waals surface area contributed by atoms with E-state index in [0.717, 1.165) is 0 Å². The highest BCUT2D eigenvalue weighted by Crippen LogP contribution is 2.38. The monoisotopic (exact) mass is 391 g/mol. The topological polar surface area (TPSA) is 61.6 Å². The zero-order chi connectivity index (χ0) is 20.2. The summed E-state index contributed by atoms with van der Waals surface area (Å²) < 4.78 is 11.9. The Kier molecular flexibility index (Phi) is 5.56. The summed E-state index contributed by atoms with van der Waals surface area (Å²) in [6, 6.07) is 27.8. The Morgan fingerprint density at radius 1 is 0.786 bits per heavy atom. The van der Waals surface area contributed by atoms with Crippen molar-refractivity contribution in [2.24, 2.45) is 5.73 Å². The molecule has 0 aromatic heterocycles. The maximum atomic E-state index is 11.1. The van der Waals surface area contributed by atoms with Gasteiger partial charge >= 0.3 is 14.4 Å². The van der Waals surface area contributed by atoms with Crippen LogP contribution in [0.25, 0.3) is 0 Å². The molecule has 0 aliphatic heterocycles. The van der Waals surface area contributed by atoms with Gasteiger partial charge in [0.25, 0.3) is 0 Å². The molecule has 0 fully saturated rings. The third-order valence-corrected chi connectivity index (χ3v) is 9.66. The standard InChI is InChI=1S/C23H25NO3Si/c1-23(2,3)28(20-13-6-4-7-14-20,21-15-8-5-9-16-21)27-19-12-10-11-18(17-19)26-22(24)25/h4-17H,1-3H3,(H2,24,25). The molecule has 0 heterocycles. The van der Waals surface area contributed by atoms with Crippen LogP contribution in [0.3, 0.4) is 0 Å². The Hall–Kier alpha value is -3.05. The molecule has 4 nitrogen and oxygen atoms in total. The van der Waals surface area contributed by atoms with Crippen LogP contribution >= 0.6 is 0 Å². The smallest absolute Gasteiger partial charge is 0.409 e. The second-order valence-electron chi connectivity index (χ2n) is 7.66. The first-order valence-electron chi connectivity index (χ1n) is 9.20. The van der Waals surface area contributed by atoms with Gasteiger partial charge in [-0.25, -0.2) is 4.79 Å². The van der Waals surface area contributed by atoms with E-state index in [1.54, 1.807) is 18.2 Å². The minimum absolute atomic E-state index is 0.156. The second kappa shape index (κ2) is 7.90. The summed E-state index contributed by atoms with van der Waals surface area (Å²) in [6.07, 6.45) is -0.845. The van der Waals surface area contributed by atoms with Gasteiger partial charge in [0.1, 0.15) is 11.5 Å². The molecule has 3 aromatic carbocycles. The molecular formula is C23H25NO3Si. The van der Waals surface area contributed by atoms with Crippen molar-refractivity contribution in [3.05, 3.63) is 84.9 Å². The lowest BCUT2D eigenvalue weighted by molar-refractivity contribution is 0.211. The highest BCUT2D eigenvalue weighted by molar-refractivity contribution is 7.00. The lowest BCUT2D eigenvalue weighted by Gasteiger charge is -2.43. The molecule has 0 radical (unpaired) electrons. The molecule has 0 saturated carbocycles.